The molecule has 0 spiro atoms. The largest absolute Gasteiger partial charge is 0.496 e. The second-order valence-electron chi connectivity index (χ2n) is 6.17. The van der Waals surface area contributed by atoms with Gasteiger partial charge in [-0.15, -0.1) is 0 Å². The smallest absolute Gasteiger partial charge is 0.170 e. The average Bonchev–Trinajstić information content (AvgIpc) is 3.14. The van der Waals surface area contributed by atoms with E-state index in [2.05, 4.69) is 10.5 Å². The zero-order chi connectivity index (χ0) is 14.8. The molecular weight excluding hydrogens is 266 g/mol. The van der Waals surface area contributed by atoms with Gasteiger partial charge >= 0.3 is 0 Å². The van der Waals surface area contributed by atoms with E-state index in [1.807, 2.05) is 12.1 Å². The van der Waals surface area contributed by atoms with Crippen molar-refractivity contribution in [2.45, 2.75) is 38.3 Å². The molecule has 0 heterocycles. The van der Waals surface area contributed by atoms with Crippen molar-refractivity contribution in [1.29, 1.82) is 0 Å². The van der Waals surface area contributed by atoms with Gasteiger partial charge in [0.2, 0.25) is 0 Å². The number of nitrogens with two attached hydrogens (primary N) is 1. The first-order valence-electron chi connectivity index (χ1n) is 7.59. The zero-order valence-corrected chi connectivity index (χ0v) is 12.4. The van der Waals surface area contributed by atoms with Gasteiger partial charge in [0.05, 0.1) is 7.11 Å². The minimum absolute atomic E-state index is 0.124. The number of oxime groups is 1. The number of nitrogens with one attached hydrogen (secondary N) is 1. The highest BCUT2D eigenvalue weighted by Gasteiger charge is 2.39. The molecular formula is C16H23N3O2. The van der Waals surface area contributed by atoms with Crippen LogP contribution in [0.2, 0.25) is 0 Å². The van der Waals surface area contributed by atoms with Gasteiger partial charge in [0.1, 0.15) is 5.75 Å². The summed E-state index contributed by atoms with van der Waals surface area (Å²) in [6.45, 7) is 0.754. The standard InChI is InChI=1S/C16H23N3O2/c1-21-15-5-4-12(16(17)19-20)8-13(15)9-18-14-7-10-2-3-11(14)6-10/h4-5,8,10-11,14,18,20H,2-3,6-7,9H2,1H3,(H2,17,19). The van der Waals surface area contributed by atoms with Gasteiger partial charge in [0.15, 0.2) is 5.84 Å². The molecule has 4 N–H and O–H groups in total. The van der Waals surface area contributed by atoms with Crippen molar-refractivity contribution < 1.29 is 9.94 Å². The molecule has 0 aliphatic heterocycles. The summed E-state index contributed by atoms with van der Waals surface area (Å²) in [5.41, 5.74) is 7.42. The molecule has 2 bridgehead atoms. The molecule has 5 heteroatoms. The molecule has 0 radical (unpaired) electrons. The van der Waals surface area contributed by atoms with Crippen LogP contribution in [-0.4, -0.2) is 24.2 Å². The SMILES string of the molecule is COc1ccc(/C(N)=N/O)cc1CNC1CC2CCC1C2. The number of benzene rings is 1. The number of hydrogen-bond acceptors (Lipinski definition) is 4. The van der Waals surface area contributed by atoms with Crippen molar-refractivity contribution in [1.82, 2.24) is 5.32 Å². The molecule has 2 aliphatic carbocycles. The van der Waals surface area contributed by atoms with Gasteiger partial charge in [0.25, 0.3) is 0 Å². The van der Waals surface area contributed by atoms with Crippen LogP contribution in [0.1, 0.15) is 36.8 Å². The number of ether oxygens (including phenoxy) is 1. The highest BCUT2D eigenvalue weighted by molar-refractivity contribution is 5.97. The van der Waals surface area contributed by atoms with Crippen LogP contribution in [0.15, 0.2) is 23.4 Å². The summed E-state index contributed by atoms with van der Waals surface area (Å²) in [6.07, 6.45) is 5.46. The first-order chi connectivity index (χ1) is 10.2. The van der Waals surface area contributed by atoms with Gasteiger partial charge in [-0.3, -0.25) is 0 Å². The highest BCUT2D eigenvalue weighted by atomic mass is 16.5. The number of nitrogens with zero attached hydrogens (tertiary/aromatic N) is 1. The molecule has 21 heavy (non-hydrogen) atoms. The van der Waals surface area contributed by atoms with Crippen LogP contribution < -0.4 is 15.8 Å². The Bertz CT molecular complexity index is 544. The summed E-state index contributed by atoms with van der Waals surface area (Å²) < 4.78 is 5.41. The van der Waals surface area contributed by atoms with E-state index in [4.69, 9.17) is 15.7 Å². The predicted molar refractivity (Wildman–Crippen MR) is 81.6 cm³/mol. The number of amidine groups is 1. The van der Waals surface area contributed by atoms with Crippen LogP contribution in [0.5, 0.6) is 5.75 Å². The summed E-state index contributed by atoms with van der Waals surface area (Å²) >= 11 is 0. The number of hydrogen-bond donors (Lipinski definition) is 3. The van der Waals surface area contributed by atoms with E-state index in [-0.39, 0.29) is 5.84 Å². The van der Waals surface area contributed by atoms with Crippen LogP contribution in [0.25, 0.3) is 0 Å². The number of fused-ring (bicyclic) bond motifs is 2. The molecule has 2 aliphatic rings. The third-order valence-electron chi connectivity index (χ3n) is 4.98. The van der Waals surface area contributed by atoms with Crippen LogP contribution in [0, 0.1) is 11.8 Å². The number of methoxy groups -OCH3 is 1. The van der Waals surface area contributed by atoms with E-state index in [0.717, 1.165) is 29.7 Å². The zero-order valence-electron chi connectivity index (χ0n) is 12.4. The first-order valence-corrected chi connectivity index (χ1v) is 7.59. The summed E-state index contributed by atoms with van der Waals surface area (Å²) in [6, 6.07) is 6.22. The van der Waals surface area contributed by atoms with E-state index in [9.17, 15) is 0 Å². The predicted octanol–water partition coefficient (Wildman–Crippen LogP) is 2.07. The Morgan fingerprint density at radius 2 is 2.29 bits per heavy atom. The summed E-state index contributed by atoms with van der Waals surface area (Å²) in [5, 5.41) is 15.5. The van der Waals surface area contributed by atoms with Crippen LogP contribution in [0.4, 0.5) is 0 Å². The van der Waals surface area contributed by atoms with Crippen molar-refractivity contribution >= 4 is 5.84 Å². The summed E-state index contributed by atoms with van der Waals surface area (Å²) in [4.78, 5) is 0. The van der Waals surface area contributed by atoms with Gasteiger partial charge < -0.3 is 21.0 Å². The van der Waals surface area contributed by atoms with Crippen LogP contribution in [-0.2, 0) is 6.54 Å². The summed E-state index contributed by atoms with van der Waals surface area (Å²) in [5.74, 6) is 2.73. The minimum atomic E-state index is 0.124. The molecule has 3 rings (SSSR count). The van der Waals surface area contributed by atoms with Crippen LogP contribution in [0.3, 0.4) is 0 Å². The van der Waals surface area contributed by atoms with Crippen molar-refractivity contribution in [2.24, 2.45) is 22.7 Å². The van der Waals surface area contributed by atoms with Gasteiger partial charge in [-0.1, -0.05) is 11.6 Å². The number of rotatable bonds is 5. The van der Waals surface area contributed by atoms with E-state index in [0.29, 0.717) is 11.6 Å². The molecule has 114 valence electrons. The second kappa shape index (κ2) is 5.93. The van der Waals surface area contributed by atoms with Crippen LogP contribution >= 0.6 is 0 Å². The Morgan fingerprint density at radius 3 is 2.90 bits per heavy atom. The maximum atomic E-state index is 8.80. The molecule has 3 unspecified atom stereocenters. The fourth-order valence-corrected chi connectivity index (χ4v) is 3.87. The fourth-order valence-electron chi connectivity index (χ4n) is 3.87. The summed E-state index contributed by atoms with van der Waals surface area (Å²) in [7, 11) is 1.67. The highest BCUT2D eigenvalue weighted by Crippen LogP contribution is 2.44. The Hall–Kier alpha value is -1.75. The maximum Gasteiger partial charge on any atom is 0.170 e. The molecule has 1 aromatic rings. The molecule has 3 atom stereocenters. The second-order valence-corrected chi connectivity index (χ2v) is 6.17. The monoisotopic (exact) mass is 289 g/mol. The lowest BCUT2D eigenvalue weighted by atomic mass is 9.95. The van der Waals surface area contributed by atoms with Gasteiger partial charge in [-0.05, 0) is 49.3 Å². The van der Waals surface area contributed by atoms with Gasteiger partial charge in [-0.2, -0.15) is 0 Å². The van der Waals surface area contributed by atoms with Crippen molar-refractivity contribution in [3.05, 3.63) is 29.3 Å². The minimum Gasteiger partial charge on any atom is -0.496 e. The average molecular weight is 289 g/mol. The molecule has 2 fully saturated rings. The van der Waals surface area contributed by atoms with Crippen molar-refractivity contribution in [3.63, 3.8) is 0 Å². The Morgan fingerprint density at radius 1 is 1.43 bits per heavy atom. The lowest BCUT2D eigenvalue weighted by Crippen LogP contribution is -2.33. The van der Waals surface area contributed by atoms with E-state index < -0.39 is 0 Å². The van der Waals surface area contributed by atoms with E-state index in [1.165, 1.54) is 25.7 Å². The Labute approximate surface area is 125 Å². The third-order valence-corrected chi connectivity index (χ3v) is 4.98. The molecule has 0 saturated heterocycles. The quantitative estimate of drug-likeness (QED) is 0.335. The normalized spacial score (nSPS) is 28.0. The fraction of sp³-hybridized carbons (Fsp3) is 0.562. The molecule has 5 nitrogen and oxygen atoms in total. The molecule has 0 amide bonds. The van der Waals surface area contributed by atoms with Crippen molar-refractivity contribution in [3.8, 4) is 5.75 Å². The molecule has 0 aromatic heterocycles. The lowest BCUT2D eigenvalue weighted by molar-refractivity contribution is 0.318. The van der Waals surface area contributed by atoms with E-state index >= 15 is 0 Å². The van der Waals surface area contributed by atoms with Gasteiger partial charge in [-0.25, -0.2) is 0 Å². The molecule has 2 saturated carbocycles. The lowest BCUT2D eigenvalue weighted by Gasteiger charge is -2.23. The van der Waals surface area contributed by atoms with Crippen molar-refractivity contribution in [2.75, 3.05) is 7.11 Å². The first kappa shape index (κ1) is 14.2. The maximum absolute atomic E-state index is 8.80. The molecule has 1 aromatic carbocycles. The Balaban J connectivity index is 1.71. The Kier molecular flexibility index (Phi) is 4.01. The topological polar surface area (TPSA) is 79.9 Å². The van der Waals surface area contributed by atoms with E-state index in [1.54, 1.807) is 13.2 Å². The third kappa shape index (κ3) is 2.83. The van der Waals surface area contributed by atoms with Gasteiger partial charge in [0, 0.05) is 23.7 Å².